The van der Waals surface area contributed by atoms with Crippen LogP contribution >= 0.6 is 0 Å². The monoisotopic (exact) mass is 348 g/mol. The van der Waals surface area contributed by atoms with Crippen molar-refractivity contribution < 1.29 is 9.59 Å². The smallest absolute Gasteiger partial charge is 0.248 e. The molecule has 4 rings (SSSR count). The van der Waals surface area contributed by atoms with Gasteiger partial charge in [-0.15, -0.1) is 0 Å². The first-order valence-corrected chi connectivity index (χ1v) is 8.20. The van der Waals surface area contributed by atoms with Crippen LogP contribution in [0.1, 0.15) is 11.5 Å². The fraction of sp³-hybridized carbons (Fsp3) is 0.158. The number of aromatic nitrogens is 2. The first-order valence-electron chi connectivity index (χ1n) is 8.20. The molecule has 2 N–H and O–H groups in total. The normalized spacial score (nSPS) is 15.8. The molecular formula is C19H16N4O3. The van der Waals surface area contributed by atoms with Crippen molar-refractivity contribution in [2.24, 2.45) is 5.73 Å². The van der Waals surface area contributed by atoms with Gasteiger partial charge in [-0.25, -0.2) is 0 Å². The summed E-state index contributed by atoms with van der Waals surface area (Å²) in [4.78, 5) is 38.1. The average Bonchev–Trinajstić information content (AvgIpc) is 3.04. The van der Waals surface area contributed by atoms with Crippen molar-refractivity contribution in [1.82, 2.24) is 9.78 Å². The van der Waals surface area contributed by atoms with E-state index in [0.717, 1.165) is 5.56 Å². The number of nitrogens with two attached hydrogens (primary N) is 1. The van der Waals surface area contributed by atoms with Gasteiger partial charge in [0.1, 0.15) is 6.54 Å². The van der Waals surface area contributed by atoms with E-state index in [1.807, 2.05) is 18.2 Å². The minimum Gasteiger partial charge on any atom is -0.369 e. The zero-order chi connectivity index (χ0) is 18.3. The number of hydrogen-bond acceptors (Lipinski definition) is 4. The number of carbonyl (C=O) groups excluding carboxylic acids is 2. The summed E-state index contributed by atoms with van der Waals surface area (Å²) < 4.78 is 1.50. The predicted octanol–water partition coefficient (Wildman–Crippen LogP) is 1.01. The fourth-order valence-corrected chi connectivity index (χ4v) is 3.39. The molecule has 1 aromatic heterocycles. The number of carbonyl (C=O) groups is 2. The molecule has 2 heterocycles. The van der Waals surface area contributed by atoms with E-state index in [4.69, 9.17) is 5.73 Å². The molecule has 0 radical (unpaired) electrons. The third kappa shape index (κ3) is 2.54. The van der Waals surface area contributed by atoms with Crippen molar-refractivity contribution >= 4 is 28.4 Å². The van der Waals surface area contributed by atoms with Gasteiger partial charge >= 0.3 is 0 Å². The molecule has 26 heavy (non-hydrogen) atoms. The van der Waals surface area contributed by atoms with Gasteiger partial charge < -0.3 is 10.6 Å². The molecule has 3 aromatic rings. The van der Waals surface area contributed by atoms with Crippen LogP contribution in [0.5, 0.6) is 0 Å². The highest BCUT2D eigenvalue weighted by atomic mass is 16.2. The van der Waals surface area contributed by atoms with Crippen LogP contribution in [-0.2, 0) is 16.1 Å². The second kappa shape index (κ2) is 6.11. The summed E-state index contributed by atoms with van der Waals surface area (Å²) in [6.45, 7) is 0.173. The maximum absolute atomic E-state index is 12.9. The Balaban J connectivity index is 1.69. The molecule has 1 aliphatic heterocycles. The number of para-hydroxylation sites is 2. The van der Waals surface area contributed by atoms with E-state index in [1.165, 1.54) is 10.9 Å². The summed E-state index contributed by atoms with van der Waals surface area (Å²) in [5.41, 5.74) is 7.33. The molecule has 1 unspecified atom stereocenters. The van der Waals surface area contributed by atoms with Crippen molar-refractivity contribution in [3.63, 3.8) is 0 Å². The number of amides is 2. The summed E-state index contributed by atoms with van der Waals surface area (Å²) in [7, 11) is 0. The van der Waals surface area contributed by atoms with Crippen LogP contribution in [0.4, 0.5) is 5.69 Å². The first-order chi connectivity index (χ1) is 12.6. The van der Waals surface area contributed by atoms with Crippen LogP contribution in [0.3, 0.4) is 0 Å². The Morgan fingerprint density at radius 1 is 1.12 bits per heavy atom. The van der Waals surface area contributed by atoms with Gasteiger partial charge in [0.15, 0.2) is 0 Å². The van der Waals surface area contributed by atoms with Crippen molar-refractivity contribution in [2.45, 2.75) is 12.5 Å². The Morgan fingerprint density at radius 2 is 1.85 bits per heavy atom. The summed E-state index contributed by atoms with van der Waals surface area (Å²) in [6, 6.07) is 14.3. The lowest BCUT2D eigenvalue weighted by Gasteiger charge is -2.18. The highest BCUT2D eigenvalue weighted by molar-refractivity contribution is 6.00. The number of anilines is 1. The number of nitrogens with zero attached hydrogens (tertiary/aromatic N) is 3. The van der Waals surface area contributed by atoms with Gasteiger partial charge in [-0.05, 0) is 23.8 Å². The maximum atomic E-state index is 12.9. The Bertz CT molecular complexity index is 1090. The quantitative estimate of drug-likeness (QED) is 0.764. The van der Waals surface area contributed by atoms with Gasteiger partial charge in [0.05, 0.1) is 17.6 Å². The van der Waals surface area contributed by atoms with Gasteiger partial charge in [-0.3, -0.25) is 19.1 Å². The number of hydrogen-bond donors (Lipinski definition) is 1. The molecule has 1 atom stereocenters. The largest absolute Gasteiger partial charge is 0.369 e. The molecule has 1 aliphatic rings. The molecule has 0 aliphatic carbocycles. The lowest BCUT2D eigenvalue weighted by molar-refractivity contribution is -0.119. The minimum atomic E-state index is -0.520. The van der Waals surface area contributed by atoms with Gasteiger partial charge in [0, 0.05) is 17.6 Å². The summed E-state index contributed by atoms with van der Waals surface area (Å²) in [5, 5.41) is 4.60. The van der Waals surface area contributed by atoms with E-state index in [2.05, 4.69) is 5.10 Å². The minimum absolute atomic E-state index is 0.0411. The number of primary amides is 1. The molecule has 0 spiro atoms. The summed E-state index contributed by atoms with van der Waals surface area (Å²) in [5.74, 6) is -1.20. The van der Waals surface area contributed by atoms with Crippen molar-refractivity contribution in [3.05, 3.63) is 70.5 Å². The molecule has 2 aromatic carbocycles. The molecule has 2 amide bonds. The standard InChI is InChI=1S/C19H16N4O3/c20-19(26)14-10-22(15-7-3-1-5-12(14)15)18(25)11-23-16-8-4-2-6-13(16)17(24)9-21-23/h1-9,14H,10-11H2,(H2,20,26). The van der Waals surface area contributed by atoms with Gasteiger partial charge in [0.2, 0.25) is 17.2 Å². The zero-order valence-electron chi connectivity index (χ0n) is 13.8. The maximum Gasteiger partial charge on any atom is 0.248 e. The number of fused-ring (bicyclic) bond motifs is 2. The topological polar surface area (TPSA) is 98.3 Å². The molecule has 130 valence electrons. The second-order valence-electron chi connectivity index (χ2n) is 6.20. The third-order valence-electron chi connectivity index (χ3n) is 4.66. The highest BCUT2D eigenvalue weighted by Gasteiger charge is 2.35. The molecule has 0 saturated carbocycles. The molecule has 7 nitrogen and oxygen atoms in total. The first kappa shape index (κ1) is 16.0. The van der Waals surface area contributed by atoms with Gasteiger partial charge in [-0.1, -0.05) is 30.3 Å². The molecule has 0 saturated heterocycles. The Morgan fingerprint density at radius 3 is 2.65 bits per heavy atom. The van der Waals surface area contributed by atoms with Crippen LogP contribution in [0.2, 0.25) is 0 Å². The van der Waals surface area contributed by atoms with E-state index >= 15 is 0 Å². The Labute approximate surface area is 148 Å². The lowest BCUT2D eigenvalue weighted by atomic mass is 10.0. The third-order valence-corrected chi connectivity index (χ3v) is 4.66. The highest BCUT2D eigenvalue weighted by Crippen LogP contribution is 2.36. The van der Waals surface area contributed by atoms with Crippen molar-refractivity contribution in [2.75, 3.05) is 11.4 Å². The van der Waals surface area contributed by atoms with Crippen molar-refractivity contribution in [3.8, 4) is 0 Å². The SMILES string of the molecule is NC(=O)C1CN(C(=O)Cn2ncc(=O)c3ccccc32)c2ccccc21. The van der Waals surface area contributed by atoms with Crippen LogP contribution in [0.15, 0.2) is 59.5 Å². The molecule has 7 heteroatoms. The van der Waals surface area contributed by atoms with Crippen LogP contribution in [0, 0.1) is 0 Å². The average molecular weight is 348 g/mol. The Kier molecular flexibility index (Phi) is 3.76. The number of benzene rings is 2. The zero-order valence-corrected chi connectivity index (χ0v) is 13.8. The summed E-state index contributed by atoms with van der Waals surface area (Å²) in [6.07, 6.45) is 1.21. The number of rotatable bonds is 3. The molecule has 0 fully saturated rings. The van der Waals surface area contributed by atoms with E-state index in [1.54, 1.807) is 35.2 Å². The lowest BCUT2D eigenvalue weighted by Crippen LogP contribution is -2.35. The van der Waals surface area contributed by atoms with E-state index < -0.39 is 11.8 Å². The van der Waals surface area contributed by atoms with E-state index in [-0.39, 0.29) is 24.4 Å². The van der Waals surface area contributed by atoms with E-state index in [0.29, 0.717) is 16.6 Å². The van der Waals surface area contributed by atoms with Gasteiger partial charge in [0.25, 0.3) is 0 Å². The van der Waals surface area contributed by atoms with Crippen LogP contribution < -0.4 is 16.1 Å². The second-order valence-corrected chi connectivity index (χ2v) is 6.20. The predicted molar refractivity (Wildman–Crippen MR) is 96.7 cm³/mol. The van der Waals surface area contributed by atoms with Crippen molar-refractivity contribution in [1.29, 1.82) is 0 Å². The fourth-order valence-electron chi connectivity index (χ4n) is 3.39. The summed E-state index contributed by atoms with van der Waals surface area (Å²) >= 11 is 0. The van der Waals surface area contributed by atoms with Gasteiger partial charge in [-0.2, -0.15) is 5.10 Å². The van der Waals surface area contributed by atoms with Crippen LogP contribution in [-0.4, -0.2) is 28.1 Å². The van der Waals surface area contributed by atoms with Crippen LogP contribution in [0.25, 0.3) is 10.9 Å². The van der Waals surface area contributed by atoms with E-state index in [9.17, 15) is 14.4 Å². The Hall–Kier alpha value is -3.48. The molecule has 0 bridgehead atoms. The molecular weight excluding hydrogens is 332 g/mol.